The normalized spacial score (nSPS) is 19.8. The zero-order chi connectivity index (χ0) is 13.5. The topological polar surface area (TPSA) is 52.6 Å². The summed E-state index contributed by atoms with van der Waals surface area (Å²) >= 11 is 0. The first-order valence-corrected chi connectivity index (χ1v) is 6.33. The van der Waals surface area contributed by atoms with Crippen LogP contribution in [0.25, 0.3) is 6.08 Å². The van der Waals surface area contributed by atoms with Gasteiger partial charge in [0.1, 0.15) is 6.10 Å². The van der Waals surface area contributed by atoms with Crippen LogP contribution in [0.4, 0.5) is 0 Å². The molecular weight excluding hydrogens is 244 g/mol. The molecule has 1 saturated heterocycles. The van der Waals surface area contributed by atoms with E-state index in [0.717, 1.165) is 5.56 Å². The van der Waals surface area contributed by atoms with Gasteiger partial charge in [-0.25, -0.2) is 4.79 Å². The van der Waals surface area contributed by atoms with Gasteiger partial charge in [0.05, 0.1) is 6.61 Å². The van der Waals surface area contributed by atoms with Crippen molar-refractivity contribution >= 4 is 18.0 Å². The Labute approximate surface area is 112 Å². The number of hydrogen-bond donors (Lipinski definition) is 0. The van der Waals surface area contributed by atoms with E-state index in [1.807, 2.05) is 30.3 Å². The predicted molar refractivity (Wildman–Crippen MR) is 70.2 cm³/mol. The van der Waals surface area contributed by atoms with Crippen LogP contribution in [0.15, 0.2) is 36.4 Å². The molecule has 100 valence electrons. The number of esters is 2. The fraction of sp³-hybridized carbons (Fsp3) is 0.333. The minimum Gasteiger partial charge on any atom is -0.466 e. The van der Waals surface area contributed by atoms with Crippen molar-refractivity contribution in [1.82, 2.24) is 0 Å². The van der Waals surface area contributed by atoms with Crippen molar-refractivity contribution in [2.45, 2.75) is 25.4 Å². The summed E-state index contributed by atoms with van der Waals surface area (Å²) in [5.41, 5.74) is 0.943. The van der Waals surface area contributed by atoms with Crippen molar-refractivity contribution in [3.8, 4) is 0 Å². The third kappa shape index (κ3) is 4.58. The fourth-order valence-corrected chi connectivity index (χ4v) is 1.85. The molecule has 0 radical (unpaired) electrons. The Morgan fingerprint density at radius 1 is 1.26 bits per heavy atom. The standard InChI is InChI=1S/C15H16O4/c16-14-9-7-13(10-11-18-14)19-15(17)8-6-12-4-2-1-3-5-12/h1-6,8,13H,7,9-11H2. The molecule has 0 saturated carbocycles. The summed E-state index contributed by atoms with van der Waals surface area (Å²) in [6.45, 7) is 0.319. The summed E-state index contributed by atoms with van der Waals surface area (Å²) in [6.07, 6.45) is 4.28. The van der Waals surface area contributed by atoms with Crippen LogP contribution in [-0.4, -0.2) is 24.6 Å². The molecule has 1 fully saturated rings. The molecule has 2 rings (SSSR count). The lowest BCUT2D eigenvalue weighted by Crippen LogP contribution is -2.16. The van der Waals surface area contributed by atoms with Crippen LogP contribution in [-0.2, 0) is 19.1 Å². The molecule has 0 aromatic heterocycles. The molecule has 1 atom stereocenters. The monoisotopic (exact) mass is 260 g/mol. The van der Waals surface area contributed by atoms with Gasteiger partial charge in [-0.15, -0.1) is 0 Å². The Hall–Kier alpha value is -2.10. The molecule has 0 amide bonds. The molecule has 1 aliphatic heterocycles. The van der Waals surface area contributed by atoms with E-state index in [1.165, 1.54) is 6.08 Å². The summed E-state index contributed by atoms with van der Waals surface area (Å²) < 4.78 is 10.2. The van der Waals surface area contributed by atoms with Gasteiger partial charge in [-0.05, 0) is 18.1 Å². The van der Waals surface area contributed by atoms with Crippen molar-refractivity contribution in [1.29, 1.82) is 0 Å². The molecule has 1 aromatic rings. The number of carbonyl (C=O) groups excluding carboxylic acids is 2. The van der Waals surface area contributed by atoms with Crippen molar-refractivity contribution in [2.24, 2.45) is 0 Å². The minimum atomic E-state index is -0.386. The Morgan fingerprint density at radius 3 is 2.84 bits per heavy atom. The summed E-state index contributed by atoms with van der Waals surface area (Å²) in [5.74, 6) is -0.610. The molecule has 0 aliphatic carbocycles. The van der Waals surface area contributed by atoms with Crippen molar-refractivity contribution in [2.75, 3.05) is 6.61 Å². The third-order valence-electron chi connectivity index (χ3n) is 2.87. The van der Waals surface area contributed by atoms with E-state index >= 15 is 0 Å². The SMILES string of the molecule is O=C(C=Cc1ccccc1)OC1CCOC(=O)CC1. The second kappa shape index (κ2) is 6.73. The van der Waals surface area contributed by atoms with Gasteiger partial charge >= 0.3 is 11.9 Å². The van der Waals surface area contributed by atoms with Gasteiger partial charge in [0, 0.05) is 18.9 Å². The van der Waals surface area contributed by atoms with Crippen LogP contribution in [0.3, 0.4) is 0 Å². The second-order valence-corrected chi connectivity index (χ2v) is 4.35. The zero-order valence-electron chi connectivity index (χ0n) is 10.6. The maximum Gasteiger partial charge on any atom is 0.331 e. The first kappa shape index (κ1) is 13.3. The highest BCUT2D eigenvalue weighted by molar-refractivity contribution is 5.87. The molecule has 1 unspecified atom stereocenters. The molecule has 4 heteroatoms. The number of benzene rings is 1. The Balaban J connectivity index is 1.84. The molecule has 0 spiro atoms. The highest BCUT2D eigenvalue weighted by Gasteiger charge is 2.19. The number of ether oxygens (including phenoxy) is 2. The number of cyclic esters (lactones) is 1. The van der Waals surface area contributed by atoms with Gasteiger partial charge in [-0.3, -0.25) is 4.79 Å². The minimum absolute atomic E-state index is 0.224. The Bertz CT molecular complexity index is 464. The Kier molecular flexibility index (Phi) is 4.72. The first-order chi connectivity index (χ1) is 9.24. The summed E-state index contributed by atoms with van der Waals surface area (Å²) in [5, 5.41) is 0. The van der Waals surface area contributed by atoms with Crippen LogP contribution in [0.2, 0.25) is 0 Å². The van der Waals surface area contributed by atoms with Gasteiger partial charge in [-0.1, -0.05) is 30.3 Å². The van der Waals surface area contributed by atoms with E-state index in [1.54, 1.807) is 6.08 Å². The number of carbonyl (C=O) groups is 2. The third-order valence-corrected chi connectivity index (χ3v) is 2.87. The van der Waals surface area contributed by atoms with Crippen LogP contribution in [0.1, 0.15) is 24.8 Å². The van der Waals surface area contributed by atoms with E-state index in [2.05, 4.69) is 0 Å². The quantitative estimate of drug-likeness (QED) is 0.618. The van der Waals surface area contributed by atoms with Crippen LogP contribution >= 0.6 is 0 Å². The smallest absolute Gasteiger partial charge is 0.331 e. The van der Waals surface area contributed by atoms with E-state index in [0.29, 0.717) is 25.9 Å². The lowest BCUT2D eigenvalue weighted by molar-refractivity contribution is -0.143. The molecule has 1 heterocycles. The average molecular weight is 260 g/mol. The molecule has 1 aromatic carbocycles. The molecule has 1 aliphatic rings. The molecule has 0 bridgehead atoms. The van der Waals surface area contributed by atoms with Crippen molar-refractivity contribution in [3.05, 3.63) is 42.0 Å². The highest BCUT2D eigenvalue weighted by Crippen LogP contribution is 2.13. The Morgan fingerprint density at radius 2 is 2.05 bits per heavy atom. The maximum atomic E-state index is 11.6. The molecule has 19 heavy (non-hydrogen) atoms. The lowest BCUT2D eigenvalue weighted by Gasteiger charge is -2.12. The van der Waals surface area contributed by atoms with Gasteiger partial charge < -0.3 is 9.47 Å². The van der Waals surface area contributed by atoms with Gasteiger partial charge in [0.25, 0.3) is 0 Å². The van der Waals surface area contributed by atoms with Crippen molar-refractivity contribution < 1.29 is 19.1 Å². The van der Waals surface area contributed by atoms with Crippen LogP contribution < -0.4 is 0 Å². The van der Waals surface area contributed by atoms with Gasteiger partial charge in [-0.2, -0.15) is 0 Å². The zero-order valence-corrected chi connectivity index (χ0v) is 10.6. The highest BCUT2D eigenvalue weighted by atomic mass is 16.6. The first-order valence-electron chi connectivity index (χ1n) is 6.33. The van der Waals surface area contributed by atoms with Crippen molar-refractivity contribution in [3.63, 3.8) is 0 Å². The predicted octanol–water partition coefficient (Wildman–Crippen LogP) is 2.34. The van der Waals surface area contributed by atoms with E-state index in [-0.39, 0.29) is 18.0 Å². The van der Waals surface area contributed by atoms with Crippen LogP contribution in [0, 0.1) is 0 Å². The summed E-state index contributed by atoms with van der Waals surface area (Å²) in [7, 11) is 0. The molecular formula is C15H16O4. The van der Waals surface area contributed by atoms with E-state index < -0.39 is 0 Å². The average Bonchev–Trinajstić information content (AvgIpc) is 2.63. The largest absolute Gasteiger partial charge is 0.466 e. The molecule has 0 N–H and O–H groups in total. The van der Waals surface area contributed by atoms with Gasteiger partial charge in [0.15, 0.2) is 0 Å². The lowest BCUT2D eigenvalue weighted by atomic mass is 10.1. The summed E-state index contributed by atoms with van der Waals surface area (Å²) in [4.78, 5) is 22.7. The van der Waals surface area contributed by atoms with E-state index in [9.17, 15) is 9.59 Å². The van der Waals surface area contributed by atoms with Crippen LogP contribution in [0.5, 0.6) is 0 Å². The molecule has 4 nitrogen and oxygen atoms in total. The number of rotatable bonds is 3. The van der Waals surface area contributed by atoms with Gasteiger partial charge in [0.2, 0.25) is 0 Å². The fourth-order valence-electron chi connectivity index (χ4n) is 1.85. The maximum absolute atomic E-state index is 11.6. The van der Waals surface area contributed by atoms with E-state index in [4.69, 9.17) is 9.47 Å². The number of hydrogen-bond acceptors (Lipinski definition) is 4. The summed E-state index contributed by atoms with van der Waals surface area (Å²) in [6, 6.07) is 9.53. The second-order valence-electron chi connectivity index (χ2n) is 4.35.